The number of rotatable bonds is 5. The molecule has 0 radical (unpaired) electrons. The third-order valence-electron chi connectivity index (χ3n) is 3.86. The molecule has 1 aromatic heterocycles. The van der Waals surface area contributed by atoms with Crippen LogP contribution in [0.2, 0.25) is 0 Å². The summed E-state index contributed by atoms with van der Waals surface area (Å²) in [6.07, 6.45) is 0.705. The van der Waals surface area contributed by atoms with Gasteiger partial charge in [-0.05, 0) is 41.6 Å². The molecule has 2 heterocycles. The molecule has 2 amide bonds. The van der Waals surface area contributed by atoms with Crippen molar-refractivity contribution in [2.24, 2.45) is 0 Å². The maximum Gasteiger partial charge on any atom is 0.261 e. The van der Waals surface area contributed by atoms with E-state index in [4.69, 9.17) is 0 Å². The van der Waals surface area contributed by atoms with Gasteiger partial charge < -0.3 is 16.0 Å². The van der Waals surface area contributed by atoms with Crippen molar-refractivity contribution >= 4 is 41.2 Å². The zero-order valence-corrected chi connectivity index (χ0v) is 15.1. The number of anilines is 1. The minimum atomic E-state index is -0.357. The summed E-state index contributed by atoms with van der Waals surface area (Å²) in [5.41, 5.74) is 1.79. The fourth-order valence-corrected chi connectivity index (χ4v) is 3.27. The summed E-state index contributed by atoms with van der Waals surface area (Å²) >= 11 is 1.34. The fraction of sp³-hybridized carbons (Fsp3) is 0.294. The number of fused-ring (bicyclic) bond motifs is 1. The minimum absolute atomic E-state index is 0. The number of carbonyl (C=O) groups is 2. The lowest BCUT2D eigenvalue weighted by atomic mass is 9.99. The number of nitrogens with one attached hydrogen (secondary N) is 3. The van der Waals surface area contributed by atoms with Gasteiger partial charge >= 0.3 is 0 Å². The summed E-state index contributed by atoms with van der Waals surface area (Å²) in [5.74, 6) is -0.885. The molecular weight excluding hydrogens is 365 g/mol. The molecule has 0 saturated carbocycles. The van der Waals surface area contributed by atoms with Gasteiger partial charge in [0.05, 0.1) is 10.6 Å². The Bertz CT molecular complexity index is 753. The van der Waals surface area contributed by atoms with Gasteiger partial charge in [-0.2, -0.15) is 0 Å². The van der Waals surface area contributed by atoms with Crippen LogP contribution in [0.5, 0.6) is 0 Å². The van der Waals surface area contributed by atoms with Crippen molar-refractivity contribution in [3.05, 3.63) is 51.5 Å². The van der Waals surface area contributed by atoms with Crippen LogP contribution in [0.25, 0.3) is 0 Å². The molecule has 0 unspecified atom stereocenters. The van der Waals surface area contributed by atoms with Crippen LogP contribution < -0.4 is 16.0 Å². The minimum Gasteiger partial charge on any atom is -0.351 e. The highest BCUT2D eigenvalue weighted by atomic mass is 35.5. The first kappa shape index (κ1) is 19.4. The Morgan fingerprint density at radius 2 is 2.12 bits per heavy atom. The van der Waals surface area contributed by atoms with Gasteiger partial charge in [0.15, 0.2) is 0 Å². The normalized spacial score (nSPS) is 12.7. The molecule has 25 heavy (non-hydrogen) atoms. The summed E-state index contributed by atoms with van der Waals surface area (Å²) in [6, 6.07) is 6.93. The van der Waals surface area contributed by atoms with Gasteiger partial charge in [-0.25, -0.2) is 4.39 Å². The number of hydrogen-bond acceptors (Lipinski definition) is 4. The van der Waals surface area contributed by atoms with E-state index in [2.05, 4.69) is 16.0 Å². The van der Waals surface area contributed by atoms with Crippen molar-refractivity contribution in [1.82, 2.24) is 10.6 Å². The maximum atomic E-state index is 14.4. The Morgan fingerprint density at radius 1 is 1.28 bits per heavy atom. The van der Waals surface area contributed by atoms with Crippen molar-refractivity contribution < 1.29 is 14.0 Å². The first-order valence-corrected chi connectivity index (χ1v) is 8.65. The van der Waals surface area contributed by atoms with Crippen LogP contribution in [0, 0.1) is 5.82 Å². The first-order valence-electron chi connectivity index (χ1n) is 7.77. The zero-order valence-electron chi connectivity index (χ0n) is 13.4. The number of carbonyl (C=O) groups excluding carboxylic acids is 2. The van der Waals surface area contributed by atoms with E-state index in [1.165, 1.54) is 11.3 Å². The lowest BCUT2D eigenvalue weighted by Gasteiger charge is -2.19. The summed E-state index contributed by atoms with van der Waals surface area (Å²) in [4.78, 5) is 24.3. The highest BCUT2D eigenvalue weighted by molar-refractivity contribution is 7.12. The molecule has 3 N–H and O–H groups in total. The molecule has 8 heteroatoms. The van der Waals surface area contributed by atoms with E-state index in [1.807, 2.05) is 11.4 Å². The molecule has 1 aliphatic heterocycles. The Labute approximate surface area is 155 Å². The van der Waals surface area contributed by atoms with Crippen molar-refractivity contribution in [1.29, 1.82) is 0 Å². The molecule has 2 aromatic rings. The van der Waals surface area contributed by atoms with Crippen molar-refractivity contribution in [3.63, 3.8) is 0 Å². The molecule has 0 saturated heterocycles. The molecule has 0 fully saturated rings. The highest BCUT2D eigenvalue weighted by Crippen LogP contribution is 2.24. The van der Waals surface area contributed by atoms with Crippen LogP contribution >= 0.6 is 23.7 Å². The average molecular weight is 384 g/mol. The zero-order chi connectivity index (χ0) is 16.9. The maximum absolute atomic E-state index is 14.4. The van der Waals surface area contributed by atoms with Crippen molar-refractivity contribution in [2.75, 3.05) is 18.4 Å². The number of amides is 2. The molecule has 0 aliphatic carbocycles. The largest absolute Gasteiger partial charge is 0.351 e. The fourth-order valence-electron chi connectivity index (χ4n) is 2.63. The Hall–Kier alpha value is -1.96. The van der Waals surface area contributed by atoms with Crippen LogP contribution in [-0.4, -0.2) is 24.9 Å². The second kappa shape index (κ2) is 8.94. The third kappa shape index (κ3) is 4.78. The molecule has 0 spiro atoms. The number of benzene rings is 1. The predicted molar refractivity (Wildman–Crippen MR) is 99.0 cm³/mol. The first-order chi connectivity index (χ1) is 11.6. The van der Waals surface area contributed by atoms with Gasteiger partial charge in [0, 0.05) is 19.5 Å². The lowest BCUT2D eigenvalue weighted by molar-refractivity contribution is -0.116. The van der Waals surface area contributed by atoms with Crippen molar-refractivity contribution in [3.8, 4) is 0 Å². The quantitative estimate of drug-likeness (QED) is 0.743. The van der Waals surface area contributed by atoms with E-state index in [0.29, 0.717) is 23.4 Å². The van der Waals surface area contributed by atoms with Gasteiger partial charge in [0.2, 0.25) is 5.91 Å². The van der Waals surface area contributed by atoms with Gasteiger partial charge in [0.25, 0.3) is 5.91 Å². The average Bonchev–Trinajstić information content (AvgIpc) is 3.12. The molecular formula is C17H19ClFN3O2S. The number of thiophene rings is 1. The summed E-state index contributed by atoms with van der Waals surface area (Å²) in [7, 11) is 0. The van der Waals surface area contributed by atoms with Gasteiger partial charge in [0.1, 0.15) is 5.82 Å². The van der Waals surface area contributed by atoms with E-state index in [1.54, 1.807) is 18.2 Å². The van der Waals surface area contributed by atoms with E-state index < -0.39 is 0 Å². The van der Waals surface area contributed by atoms with Crippen LogP contribution in [0.4, 0.5) is 10.1 Å². The topological polar surface area (TPSA) is 70.2 Å². The molecule has 1 aliphatic rings. The molecule has 1 aromatic carbocycles. The van der Waals surface area contributed by atoms with Crippen LogP contribution in [-0.2, 0) is 17.8 Å². The van der Waals surface area contributed by atoms with Crippen LogP contribution in [0.3, 0.4) is 0 Å². The lowest BCUT2D eigenvalue weighted by Crippen LogP contribution is -2.28. The Morgan fingerprint density at radius 3 is 2.88 bits per heavy atom. The number of hydrogen-bond donors (Lipinski definition) is 3. The summed E-state index contributed by atoms with van der Waals surface area (Å²) < 4.78 is 14.4. The Kier molecular flexibility index (Phi) is 6.92. The SMILES string of the molecule is Cl.O=C(CCNC(=O)c1cccs1)Nc1ccc2c(c1F)CCNC2. The summed E-state index contributed by atoms with van der Waals surface area (Å²) in [5, 5.41) is 10.3. The monoisotopic (exact) mass is 383 g/mol. The van der Waals surface area contributed by atoms with E-state index in [0.717, 1.165) is 12.1 Å². The van der Waals surface area contributed by atoms with Crippen molar-refractivity contribution in [2.45, 2.75) is 19.4 Å². The van der Waals surface area contributed by atoms with Gasteiger partial charge in [-0.1, -0.05) is 12.1 Å². The van der Waals surface area contributed by atoms with Gasteiger partial charge in [-0.3, -0.25) is 9.59 Å². The predicted octanol–water partition coefficient (Wildman–Crippen LogP) is 2.71. The second-order valence-electron chi connectivity index (χ2n) is 5.52. The molecule has 0 bridgehead atoms. The molecule has 0 atom stereocenters. The highest BCUT2D eigenvalue weighted by Gasteiger charge is 2.17. The number of halogens is 2. The second-order valence-corrected chi connectivity index (χ2v) is 6.47. The molecule has 134 valence electrons. The smallest absolute Gasteiger partial charge is 0.261 e. The van der Waals surface area contributed by atoms with E-state index in [9.17, 15) is 14.0 Å². The Balaban J connectivity index is 0.00000225. The third-order valence-corrected chi connectivity index (χ3v) is 4.73. The summed E-state index contributed by atoms with van der Waals surface area (Å²) in [6.45, 7) is 1.59. The van der Waals surface area contributed by atoms with E-state index in [-0.39, 0.29) is 48.7 Å². The van der Waals surface area contributed by atoms with Gasteiger partial charge in [-0.15, -0.1) is 23.7 Å². The van der Waals surface area contributed by atoms with E-state index >= 15 is 0 Å². The van der Waals surface area contributed by atoms with Crippen LogP contribution in [0.15, 0.2) is 29.6 Å². The van der Waals surface area contributed by atoms with Crippen LogP contribution in [0.1, 0.15) is 27.2 Å². The molecule has 3 rings (SSSR count). The molecule has 5 nitrogen and oxygen atoms in total. The standard InChI is InChI=1S/C17H18FN3O2S.ClH/c18-16-12-5-7-19-10-11(12)3-4-13(16)21-15(22)6-8-20-17(23)14-2-1-9-24-14;/h1-4,9,19H,5-8,10H2,(H,20,23)(H,21,22);1H.